The van der Waals surface area contributed by atoms with Crippen LogP contribution in [-0.4, -0.2) is 28.9 Å². The fraction of sp³-hybridized carbons (Fsp3) is 0.333. The van der Waals surface area contributed by atoms with Gasteiger partial charge in [-0.1, -0.05) is 15.9 Å². The molecule has 126 valence electrons. The lowest BCUT2D eigenvalue weighted by Crippen LogP contribution is -2.36. The van der Waals surface area contributed by atoms with Crippen LogP contribution in [0.15, 0.2) is 41.0 Å². The molecule has 1 saturated heterocycles. The predicted molar refractivity (Wildman–Crippen MR) is 95.4 cm³/mol. The second kappa shape index (κ2) is 7.75. The van der Waals surface area contributed by atoms with Gasteiger partial charge in [-0.2, -0.15) is 0 Å². The van der Waals surface area contributed by atoms with Gasteiger partial charge in [0.1, 0.15) is 11.6 Å². The lowest BCUT2D eigenvalue weighted by molar-refractivity contribution is 0.0725. The molecule has 1 aromatic heterocycles. The monoisotopic (exact) mass is 391 g/mol. The van der Waals surface area contributed by atoms with E-state index in [1.807, 2.05) is 4.90 Å². The van der Waals surface area contributed by atoms with Gasteiger partial charge in [-0.15, -0.1) is 0 Å². The Labute approximate surface area is 149 Å². The summed E-state index contributed by atoms with van der Waals surface area (Å²) in [6.07, 6.45) is 4.92. The van der Waals surface area contributed by atoms with E-state index in [0.29, 0.717) is 17.9 Å². The Morgan fingerprint density at radius 3 is 2.83 bits per heavy atom. The van der Waals surface area contributed by atoms with E-state index < -0.39 is 0 Å². The Kier molecular flexibility index (Phi) is 5.45. The highest BCUT2D eigenvalue weighted by Crippen LogP contribution is 2.21. The van der Waals surface area contributed by atoms with Gasteiger partial charge in [0.05, 0.1) is 5.56 Å². The normalized spacial score (nSPS) is 14.5. The van der Waals surface area contributed by atoms with Gasteiger partial charge in [0.2, 0.25) is 0 Å². The van der Waals surface area contributed by atoms with Crippen molar-refractivity contribution in [1.82, 2.24) is 9.88 Å². The summed E-state index contributed by atoms with van der Waals surface area (Å²) in [5.74, 6) is 0.244. The summed E-state index contributed by atoms with van der Waals surface area (Å²) < 4.78 is 14.2. The van der Waals surface area contributed by atoms with Crippen LogP contribution < -0.4 is 5.32 Å². The Balaban J connectivity index is 1.76. The third-order valence-electron chi connectivity index (χ3n) is 4.14. The van der Waals surface area contributed by atoms with Crippen LogP contribution in [0.5, 0.6) is 0 Å². The summed E-state index contributed by atoms with van der Waals surface area (Å²) in [5, 5.41) is 3.16. The van der Waals surface area contributed by atoms with Crippen molar-refractivity contribution < 1.29 is 9.18 Å². The van der Waals surface area contributed by atoms with E-state index in [2.05, 4.69) is 26.2 Å². The van der Waals surface area contributed by atoms with Crippen LogP contribution in [0.2, 0.25) is 0 Å². The maximum absolute atomic E-state index is 13.4. The third kappa shape index (κ3) is 3.93. The first-order valence-corrected chi connectivity index (χ1v) is 8.86. The quantitative estimate of drug-likeness (QED) is 0.848. The van der Waals surface area contributed by atoms with E-state index in [9.17, 15) is 9.18 Å². The van der Waals surface area contributed by atoms with Gasteiger partial charge in [-0.25, -0.2) is 9.37 Å². The number of nitrogens with zero attached hydrogens (tertiary/aromatic N) is 2. The minimum absolute atomic E-state index is 0.00334. The molecule has 1 amide bonds. The lowest BCUT2D eigenvalue weighted by atomic mass is 10.1. The summed E-state index contributed by atoms with van der Waals surface area (Å²) in [6, 6.07) is 8.09. The summed E-state index contributed by atoms with van der Waals surface area (Å²) >= 11 is 3.41. The zero-order chi connectivity index (χ0) is 16.9. The number of pyridine rings is 1. The van der Waals surface area contributed by atoms with Crippen LogP contribution in [0.25, 0.3) is 0 Å². The molecular weight excluding hydrogens is 373 g/mol. The number of hydrogen-bond acceptors (Lipinski definition) is 3. The molecule has 0 atom stereocenters. The van der Waals surface area contributed by atoms with Crippen molar-refractivity contribution in [3.8, 4) is 0 Å². The molecule has 24 heavy (non-hydrogen) atoms. The summed E-state index contributed by atoms with van der Waals surface area (Å²) in [7, 11) is 0. The molecule has 0 saturated carbocycles. The van der Waals surface area contributed by atoms with Crippen LogP contribution in [-0.2, 0) is 6.54 Å². The van der Waals surface area contributed by atoms with Crippen molar-refractivity contribution in [3.63, 3.8) is 0 Å². The second-order valence-electron chi connectivity index (χ2n) is 5.84. The SMILES string of the molecule is O=C(c1cccnc1NCc1cc(F)ccc1Br)N1CCCCC1. The second-order valence-corrected chi connectivity index (χ2v) is 6.70. The number of rotatable bonds is 4. The number of piperidine rings is 1. The molecule has 2 aromatic rings. The van der Waals surface area contributed by atoms with Crippen molar-refractivity contribution in [2.75, 3.05) is 18.4 Å². The zero-order valence-electron chi connectivity index (χ0n) is 13.3. The van der Waals surface area contributed by atoms with E-state index >= 15 is 0 Å². The zero-order valence-corrected chi connectivity index (χ0v) is 14.9. The number of likely N-dealkylation sites (tertiary alicyclic amines) is 1. The van der Waals surface area contributed by atoms with E-state index in [0.717, 1.165) is 36.0 Å². The number of anilines is 1. The van der Waals surface area contributed by atoms with Gasteiger partial charge in [0.25, 0.3) is 5.91 Å². The summed E-state index contributed by atoms with van der Waals surface area (Å²) in [6.45, 7) is 1.97. The standard InChI is InChI=1S/C18H19BrFN3O/c19-16-7-6-14(20)11-13(16)12-22-17-15(5-4-8-21-17)18(24)23-9-2-1-3-10-23/h4-8,11H,1-3,9-10,12H2,(H,21,22). The molecule has 1 N–H and O–H groups in total. The molecule has 0 aliphatic carbocycles. The molecule has 6 heteroatoms. The van der Waals surface area contributed by atoms with Gasteiger partial charge in [-0.05, 0) is 55.2 Å². The van der Waals surface area contributed by atoms with E-state index in [1.165, 1.54) is 18.6 Å². The van der Waals surface area contributed by atoms with Gasteiger partial charge < -0.3 is 10.2 Å². The summed E-state index contributed by atoms with van der Waals surface area (Å²) in [5.41, 5.74) is 1.34. The molecule has 1 fully saturated rings. The van der Waals surface area contributed by atoms with E-state index in [1.54, 1.807) is 24.4 Å². The van der Waals surface area contributed by atoms with Crippen molar-refractivity contribution in [1.29, 1.82) is 0 Å². The molecular formula is C18H19BrFN3O. The molecule has 1 aromatic carbocycles. The third-order valence-corrected chi connectivity index (χ3v) is 4.91. The molecule has 1 aliphatic rings. The number of hydrogen-bond donors (Lipinski definition) is 1. The first-order chi connectivity index (χ1) is 11.6. The predicted octanol–water partition coefficient (Wildman–Crippen LogP) is 4.22. The smallest absolute Gasteiger partial charge is 0.257 e. The van der Waals surface area contributed by atoms with Gasteiger partial charge >= 0.3 is 0 Å². The molecule has 0 radical (unpaired) electrons. The van der Waals surface area contributed by atoms with Gasteiger partial charge in [-0.3, -0.25) is 4.79 Å². The van der Waals surface area contributed by atoms with Crippen LogP contribution in [0.1, 0.15) is 35.2 Å². The van der Waals surface area contributed by atoms with Crippen LogP contribution in [0, 0.1) is 5.82 Å². The van der Waals surface area contributed by atoms with Crippen molar-refractivity contribution in [3.05, 3.63) is 57.9 Å². The van der Waals surface area contributed by atoms with Crippen molar-refractivity contribution in [2.24, 2.45) is 0 Å². The number of carbonyl (C=O) groups excluding carboxylic acids is 1. The van der Waals surface area contributed by atoms with Crippen molar-refractivity contribution >= 4 is 27.7 Å². The fourth-order valence-corrected chi connectivity index (χ4v) is 3.23. The minimum atomic E-state index is -0.291. The summed E-state index contributed by atoms with van der Waals surface area (Å²) in [4.78, 5) is 18.9. The molecule has 0 bridgehead atoms. The highest BCUT2D eigenvalue weighted by molar-refractivity contribution is 9.10. The van der Waals surface area contributed by atoms with Crippen LogP contribution in [0.3, 0.4) is 0 Å². The highest BCUT2D eigenvalue weighted by atomic mass is 79.9. The van der Waals surface area contributed by atoms with E-state index in [-0.39, 0.29) is 11.7 Å². The van der Waals surface area contributed by atoms with Crippen molar-refractivity contribution in [2.45, 2.75) is 25.8 Å². The largest absolute Gasteiger partial charge is 0.365 e. The number of aromatic nitrogens is 1. The van der Waals surface area contributed by atoms with Gasteiger partial charge in [0, 0.05) is 30.3 Å². The Hall–Kier alpha value is -1.95. The molecule has 0 unspecified atom stereocenters. The first-order valence-electron chi connectivity index (χ1n) is 8.07. The lowest BCUT2D eigenvalue weighted by Gasteiger charge is -2.27. The Bertz CT molecular complexity index is 732. The first kappa shape index (κ1) is 16.9. The van der Waals surface area contributed by atoms with Crippen LogP contribution >= 0.6 is 15.9 Å². The number of benzene rings is 1. The minimum Gasteiger partial charge on any atom is -0.365 e. The molecule has 3 rings (SSSR count). The number of carbonyl (C=O) groups is 1. The average molecular weight is 392 g/mol. The molecule has 0 spiro atoms. The van der Waals surface area contributed by atoms with E-state index in [4.69, 9.17) is 0 Å². The molecule has 1 aliphatic heterocycles. The van der Waals surface area contributed by atoms with Crippen LogP contribution in [0.4, 0.5) is 10.2 Å². The number of amides is 1. The topological polar surface area (TPSA) is 45.2 Å². The highest BCUT2D eigenvalue weighted by Gasteiger charge is 2.21. The fourth-order valence-electron chi connectivity index (χ4n) is 2.84. The maximum atomic E-state index is 13.4. The van der Waals surface area contributed by atoms with Gasteiger partial charge in [0.15, 0.2) is 0 Å². The molecule has 2 heterocycles. The number of nitrogens with one attached hydrogen (secondary N) is 1. The molecule has 4 nitrogen and oxygen atoms in total. The average Bonchev–Trinajstić information content (AvgIpc) is 2.63. The maximum Gasteiger partial charge on any atom is 0.257 e. The Morgan fingerprint density at radius 2 is 2.04 bits per heavy atom. The Morgan fingerprint density at radius 1 is 1.25 bits per heavy atom. The number of halogens is 2.